The van der Waals surface area contributed by atoms with Crippen LogP contribution >= 0.6 is 27.3 Å². The lowest BCUT2D eigenvalue weighted by atomic mass is 9.98. The quantitative estimate of drug-likeness (QED) is 0.903. The molecule has 1 aromatic heterocycles. The lowest BCUT2D eigenvalue weighted by Crippen LogP contribution is -2.34. The Balaban J connectivity index is 2.03. The van der Waals surface area contributed by atoms with E-state index in [1.807, 2.05) is 11.3 Å². The molecule has 1 aromatic rings. The summed E-state index contributed by atoms with van der Waals surface area (Å²) >= 11 is 5.37. The van der Waals surface area contributed by atoms with Crippen molar-refractivity contribution in [2.45, 2.75) is 38.6 Å². The normalized spacial score (nSPS) is 23.8. The highest BCUT2D eigenvalue weighted by molar-refractivity contribution is 9.11. The Morgan fingerprint density at radius 1 is 1.44 bits per heavy atom. The van der Waals surface area contributed by atoms with E-state index in [4.69, 9.17) is 5.73 Å². The van der Waals surface area contributed by atoms with Crippen LogP contribution in [0.1, 0.15) is 43.5 Å². The van der Waals surface area contributed by atoms with E-state index >= 15 is 0 Å². The third kappa shape index (κ3) is 3.56. The van der Waals surface area contributed by atoms with Crippen molar-refractivity contribution in [3.63, 3.8) is 0 Å². The third-order valence-corrected chi connectivity index (χ3v) is 5.77. The maximum Gasteiger partial charge on any atom is 0.0702 e. The predicted molar refractivity (Wildman–Crippen MR) is 83.0 cm³/mol. The topological polar surface area (TPSA) is 29.3 Å². The zero-order chi connectivity index (χ0) is 13.0. The minimum atomic E-state index is 0.414. The van der Waals surface area contributed by atoms with Gasteiger partial charge in [0.2, 0.25) is 0 Å². The smallest absolute Gasteiger partial charge is 0.0702 e. The molecule has 0 spiro atoms. The Kier molecular flexibility index (Phi) is 5.67. The molecule has 0 aromatic carbocycles. The highest BCUT2D eigenvalue weighted by Gasteiger charge is 2.23. The van der Waals surface area contributed by atoms with Crippen LogP contribution < -0.4 is 5.73 Å². The van der Waals surface area contributed by atoms with Crippen LogP contribution in [0.15, 0.2) is 15.9 Å². The summed E-state index contributed by atoms with van der Waals surface area (Å²) in [5.74, 6) is 0.920. The van der Waals surface area contributed by atoms with Gasteiger partial charge in [0.1, 0.15) is 0 Å². The summed E-state index contributed by atoms with van der Waals surface area (Å²) in [5.41, 5.74) is 6.01. The molecule has 2 rings (SSSR count). The summed E-state index contributed by atoms with van der Waals surface area (Å²) < 4.78 is 1.21. The Labute approximate surface area is 123 Å². The molecular formula is C14H23BrN2S. The van der Waals surface area contributed by atoms with Gasteiger partial charge in [0.05, 0.1) is 9.83 Å². The molecule has 18 heavy (non-hydrogen) atoms. The standard InChI is InChI=1S/C14H23BrN2S/c1-2-11-4-3-8-17(9-7-11)12(10-16)13-5-6-14(15)18-13/h5-6,11-12H,2-4,7-10,16H2,1H3. The number of thiophene rings is 1. The molecule has 4 heteroatoms. The number of rotatable bonds is 4. The maximum atomic E-state index is 6.01. The second-order valence-corrected chi connectivity index (χ2v) is 7.63. The van der Waals surface area contributed by atoms with E-state index in [-0.39, 0.29) is 0 Å². The first-order valence-electron chi connectivity index (χ1n) is 6.94. The van der Waals surface area contributed by atoms with Crippen LogP contribution in [-0.2, 0) is 0 Å². The minimum Gasteiger partial charge on any atom is -0.329 e. The molecule has 2 heterocycles. The van der Waals surface area contributed by atoms with E-state index in [0.717, 1.165) is 12.5 Å². The monoisotopic (exact) mass is 330 g/mol. The zero-order valence-corrected chi connectivity index (χ0v) is 13.5. The van der Waals surface area contributed by atoms with Gasteiger partial charge in [-0.05, 0) is 66.3 Å². The molecule has 2 atom stereocenters. The van der Waals surface area contributed by atoms with E-state index < -0.39 is 0 Å². The average molecular weight is 331 g/mol. The fourth-order valence-corrected chi connectivity index (χ4v) is 4.43. The fraction of sp³-hybridized carbons (Fsp3) is 0.714. The van der Waals surface area contributed by atoms with Crippen LogP contribution in [0.4, 0.5) is 0 Å². The van der Waals surface area contributed by atoms with Gasteiger partial charge in [-0.3, -0.25) is 4.90 Å². The second kappa shape index (κ2) is 7.04. The van der Waals surface area contributed by atoms with E-state index in [0.29, 0.717) is 6.04 Å². The van der Waals surface area contributed by atoms with Crippen LogP contribution in [0.5, 0.6) is 0 Å². The molecule has 0 radical (unpaired) electrons. The Morgan fingerprint density at radius 2 is 2.28 bits per heavy atom. The maximum absolute atomic E-state index is 6.01. The van der Waals surface area contributed by atoms with Crippen molar-refractivity contribution in [1.29, 1.82) is 0 Å². The number of halogens is 1. The lowest BCUT2D eigenvalue weighted by Gasteiger charge is -2.29. The van der Waals surface area contributed by atoms with Gasteiger partial charge in [0.15, 0.2) is 0 Å². The zero-order valence-electron chi connectivity index (χ0n) is 11.1. The number of nitrogens with two attached hydrogens (primary N) is 1. The van der Waals surface area contributed by atoms with Gasteiger partial charge in [-0.1, -0.05) is 13.3 Å². The van der Waals surface area contributed by atoms with Crippen molar-refractivity contribution in [3.05, 3.63) is 20.8 Å². The van der Waals surface area contributed by atoms with Crippen molar-refractivity contribution in [2.24, 2.45) is 11.7 Å². The van der Waals surface area contributed by atoms with Gasteiger partial charge in [-0.25, -0.2) is 0 Å². The van der Waals surface area contributed by atoms with Crippen molar-refractivity contribution in [1.82, 2.24) is 4.90 Å². The minimum absolute atomic E-state index is 0.414. The first-order valence-corrected chi connectivity index (χ1v) is 8.55. The van der Waals surface area contributed by atoms with Crippen LogP contribution in [0.2, 0.25) is 0 Å². The summed E-state index contributed by atoms with van der Waals surface area (Å²) in [6.07, 6.45) is 5.37. The van der Waals surface area contributed by atoms with Gasteiger partial charge in [0.25, 0.3) is 0 Å². The molecule has 1 fully saturated rings. The van der Waals surface area contributed by atoms with Gasteiger partial charge < -0.3 is 5.73 Å². The van der Waals surface area contributed by atoms with Gasteiger partial charge >= 0.3 is 0 Å². The van der Waals surface area contributed by atoms with Crippen molar-refractivity contribution >= 4 is 27.3 Å². The summed E-state index contributed by atoms with van der Waals surface area (Å²) in [6.45, 7) is 5.45. The molecule has 0 bridgehead atoms. The third-order valence-electron chi connectivity index (χ3n) is 4.05. The van der Waals surface area contributed by atoms with Crippen LogP contribution in [-0.4, -0.2) is 24.5 Å². The SMILES string of the molecule is CCC1CCCN(C(CN)c2ccc(Br)s2)CC1. The van der Waals surface area contributed by atoms with E-state index in [1.54, 1.807) is 0 Å². The van der Waals surface area contributed by atoms with E-state index in [9.17, 15) is 0 Å². The van der Waals surface area contributed by atoms with E-state index in [2.05, 4.69) is 39.9 Å². The van der Waals surface area contributed by atoms with Gasteiger partial charge in [-0.15, -0.1) is 11.3 Å². The summed E-state index contributed by atoms with van der Waals surface area (Å²) in [6, 6.07) is 4.76. The van der Waals surface area contributed by atoms with Crippen molar-refractivity contribution < 1.29 is 0 Å². The van der Waals surface area contributed by atoms with Crippen LogP contribution in [0, 0.1) is 5.92 Å². The highest BCUT2D eigenvalue weighted by atomic mass is 79.9. The second-order valence-electron chi connectivity index (χ2n) is 5.13. The number of nitrogens with zero attached hydrogens (tertiary/aromatic N) is 1. The molecule has 2 unspecified atom stereocenters. The first kappa shape index (κ1) is 14.5. The molecule has 2 nitrogen and oxygen atoms in total. The van der Waals surface area contributed by atoms with Crippen LogP contribution in [0.3, 0.4) is 0 Å². The highest BCUT2D eigenvalue weighted by Crippen LogP contribution is 2.32. The number of hydrogen-bond donors (Lipinski definition) is 1. The predicted octanol–water partition coefficient (Wildman–Crippen LogP) is 4.02. The Bertz CT molecular complexity index is 366. The van der Waals surface area contributed by atoms with Crippen molar-refractivity contribution in [3.8, 4) is 0 Å². The molecule has 0 saturated carbocycles. The number of likely N-dealkylation sites (tertiary alicyclic amines) is 1. The molecule has 1 aliphatic heterocycles. The van der Waals surface area contributed by atoms with Gasteiger partial charge in [-0.2, -0.15) is 0 Å². The molecule has 0 amide bonds. The largest absolute Gasteiger partial charge is 0.329 e. The summed E-state index contributed by atoms with van der Waals surface area (Å²) in [7, 11) is 0. The summed E-state index contributed by atoms with van der Waals surface area (Å²) in [4.78, 5) is 3.99. The summed E-state index contributed by atoms with van der Waals surface area (Å²) in [5, 5.41) is 0. The average Bonchev–Trinajstić information content (AvgIpc) is 2.66. The Hall–Kier alpha value is 0.1000. The molecular weight excluding hydrogens is 308 g/mol. The van der Waals surface area contributed by atoms with Crippen molar-refractivity contribution in [2.75, 3.05) is 19.6 Å². The lowest BCUT2D eigenvalue weighted by molar-refractivity contribution is 0.209. The molecule has 1 aliphatic rings. The Morgan fingerprint density at radius 3 is 2.89 bits per heavy atom. The van der Waals surface area contributed by atoms with Crippen LogP contribution in [0.25, 0.3) is 0 Å². The van der Waals surface area contributed by atoms with Gasteiger partial charge in [0, 0.05) is 11.4 Å². The molecule has 102 valence electrons. The number of hydrogen-bond acceptors (Lipinski definition) is 3. The molecule has 0 aliphatic carbocycles. The first-order chi connectivity index (χ1) is 8.74. The fourth-order valence-electron chi connectivity index (χ4n) is 2.86. The molecule has 1 saturated heterocycles. The molecule has 2 N–H and O–H groups in total. The van der Waals surface area contributed by atoms with E-state index in [1.165, 1.54) is 47.4 Å².